The first-order valence-electron chi connectivity index (χ1n) is 5.61. The van der Waals surface area contributed by atoms with E-state index in [1.54, 1.807) is 12.1 Å². The number of carbonyl (C=O) groups is 1. The van der Waals surface area contributed by atoms with Gasteiger partial charge in [0.15, 0.2) is 0 Å². The van der Waals surface area contributed by atoms with Gasteiger partial charge in [-0.05, 0) is 24.6 Å². The molecule has 0 aliphatic rings. The molecule has 2 aromatic carbocycles. The fourth-order valence-corrected chi connectivity index (χ4v) is 1.69. The van der Waals surface area contributed by atoms with Crippen molar-refractivity contribution >= 4 is 5.97 Å². The molecule has 92 valence electrons. The number of aryl methyl sites for hydroxylation is 1. The van der Waals surface area contributed by atoms with Crippen LogP contribution in [0.3, 0.4) is 0 Å². The molecule has 0 aliphatic carbocycles. The highest BCUT2D eigenvalue weighted by Crippen LogP contribution is 2.26. The van der Waals surface area contributed by atoms with Gasteiger partial charge in [-0.15, -0.1) is 0 Å². The highest BCUT2D eigenvalue weighted by atomic mass is 19.1. The van der Waals surface area contributed by atoms with Gasteiger partial charge < -0.3 is 4.74 Å². The van der Waals surface area contributed by atoms with Crippen molar-refractivity contribution in [2.24, 2.45) is 0 Å². The standard InChI is InChI=1S/C15H13FO2/c1-10-3-5-12(6-4-10)14-8-7-13(9-15(14)16)18-11(2)17/h3-9H,1-2H3. The summed E-state index contributed by atoms with van der Waals surface area (Å²) in [5.74, 6) is -0.647. The van der Waals surface area contributed by atoms with Gasteiger partial charge in [-0.3, -0.25) is 4.79 Å². The summed E-state index contributed by atoms with van der Waals surface area (Å²) >= 11 is 0. The molecule has 2 aromatic rings. The van der Waals surface area contributed by atoms with Crippen LogP contribution in [0.5, 0.6) is 5.75 Å². The molecule has 0 saturated carbocycles. The van der Waals surface area contributed by atoms with E-state index < -0.39 is 11.8 Å². The summed E-state index contributed by atoms with van der Waals surface area (Å²) in [6, 6.07) is 12.0. The summed E-state index contributed by atoms with van der Waals surface area (Å²) in [4.78, 5) is 10.8. The lowest BCUT2D eigenvalue weighted by Crippen LogP contribution is -2.01. The molecule has 18 heavy (non-hydrogen) atoms. The molecule has 3 heteroatoms. The summed E-state index contributed by atoms with van der Waals surface area (Å²) < 4.78 is 18.7. The Morgan fingerprint density at radius 2 is 1.78 bits per heavy atom. The van der Waals surface area contributed by atoms with E-state index in [-0.39, 0.29) is 5.75 Å². The number of rotatable bonds is 2. The molecule has 0 saturated heterocycles. The number of halogens is 1. The fourth-order valence-electron chi connectivity index (χ4n) is 1.69. The SMILES string of the molecule is CC(=O)Oc1ccc(-c2ccc(C)cc2)c(F)c1. The number of esters is 1. The van der Waals surface area contributed by atoms with E-state index in [0.29, 0.717) is 5.56 Å². The average molecular weight is 244 g/mol. The van der Waals surface area contributed by atoms with E-state index in [0.717, 1.165) is 11.1 Å². The molecular formula is C15H13FO2. The minimum atomic E-state index is -0.461. The van der Waals surface area contributed by atoms with Gasteiger partial charge in [-0.25, -0.2) is 4.39 Å². The molecule has 0 unspecified atom stereocenters. The topological polar surface area (TPSA) is 26.3 Å². The van der Waals surface area contributed by atoms with Crippen LogP contribution in [-0.4, -0.2) is 5.97 Å². The number of ether oxygens (including phenoxy) is 1. The Morgan fingerprint density at radius 1 is 1.11 bits per heavy atom. The Balaban J connectivity index is 2.35. The van der Waals surface area contributed by atoms with E-state index in [4.69, 9.17) is 4.74 Å². The Morgan fingerprint density at radius 3 is 2.33 bits per heavy atom. The monoisotopic (exact) mass is 244 g/mol. The predicted molar refractivity (Wildman–Crippen MR) is 67.9 cm³/mol. The molecule has 0 bridgehead atoms. The van der Waals surface area contributed by atoms with E-state index in [9.17, 15) is 9.18 Å². The van der Waals surface area contributed by atoms with E-state index in [1.807, 2.05) is 31.2 Å². The lowest BCUT2D eigenvalue weighted by atomic mass is 10.0. The Bertz CT molecular complexity index is 574. The van der Waals surface area contributed by atoms with E-state index in [2.05, 4.69) is 0 Å². The Hall–Kier alpha value is -2.16. The third-order valence-electron chi connectivity index (χ3n) is 2.56. The average Bonchev–Trinajstić information content (AvgIpc) is 2.30. The molecule has 0 spiro atoms. The minimum absolute atomic E-state index is 0.218. The molecule has 0 radical (unpaired) electrons. The summed E-state index contributed by atoms with van der Waals surface area (Å²) in [6.45, 7) is 3.26. The van der Waals surface area contributed by atoms with Crippen LogP contribution in [0.4, 0.5) is 4.39 Å². The van der Waals surface area contributed by atoms with Crippen LogP contribution in [0.15, 0.2) is 42.5 Å². The minimum Gasteiger partial charge on any atom is -0.427 e. The second-order valence-electron chi connectivity index (χ2n) is 4.10. The highest BCUT2D eigenvalue weighted by molar-refractivity contribution is 5.70. The van der Waals surface area contributed by atoms with Gasteiger partial charge in [-0.2, -0.15) is 0 Å². The second-order valence-corrected chi connectivity index (χ2v) is 4.10. The lowest BCUT2D eigenvalue weighted by Gasteiger charge is -2.06. The zero-order valence-electron chi connectivity index (χ0n) is 10.2. The van der Waals surface area contributed by atoms with Gasteiger partial charge in [0.05, 0.1) is 0 Å². The molecule has 0 atom stereocenters. The van der Waals surface area contributed by atoms with Crippen LogP contribution in [0.2, 0.25) is 0 Å². The fraction of sp³-hybridized carbons (Fsp3) is 0.133. The number of benzene rings is 2. The van der Waals surface area contributed by atoms with Crippen molar-refractivity contribution in [2.75, 3.05) is 0 Å². The number of carbonyl (C=O) groups excluding carboxylic acids is 1. The van der Waals surface area contributed by atoms with Crippen molar-refractivity contribution in [1.29, 1.82) is 0 Å². The predicted octanol–water partition coefficient (Wildman–Crippen LogP) is 3.73. The summed E-state index contributed by atoms with van der Waals surface area (Å²) in [5, 5.41) is 0. The third-order valence-corrected chi connectivity index (χ3v) is 2.56. The first-order chi connectivity index (χ1) is 8.56. The number of hydrogen-bond donors (Lipinski definition) is 0. The number of hydrogen-bond acceptors (Lipinski definition) is 2. The van der Waals surface area contributed by atoms with E-state index in [1.165, 1.54) is 13.0 Å². The van der Waals surface area contributed by atoms with Crippen LogP contribution >= 0.6 is 0 Å². The van der Waals surface area contributed by atoms with Crippen molar-refractivity contribution < 1.29 is 13.9 Å². The van der Waals surface area contributed by atoms with Crippen molar-refractivity contribution in [3.8, 4) is 16.9 Å². The molecule has 0 amide bonds. The first-order valence-corrected chi connectivity index (χ1v) is 5.61. The molecule has 2 nitrogen and oxygen atoms in total. The maximum atomic E-state index is 13.9. The van der Waals surface area contributed by atoms with Gasteiger partial charge >= 0.3 is 5.97 Å². The Kier molecular flexibility index (Phi) is 3.42. The van der Waals surface area contributed by atoms with Crippen molar-refractivity contribution in [3.63, 3.8) is 0 Å². The van der Waals surface area contributed by atoms with Gasteiger partial charge in [0, 0.05) is 18.6 Å². The molecule has 0 heterocycles. The molecule has 0 aromatic heterocycles. The maximum Gasteiger partial charge on any atom is 0.308 e. The van der Waals surface area contributed by atoms with Gasteiger partial charge in [0.2, 0.25) is 0 Å². The summed E-state index contributed by atoms with van der Waals surface area (Å²) in [5.41, 5.74) is 2.41. The molecule has 0 N–H and O–H groups in total. The van der Waals surface area contributed by atoms with Crippen molar-refractivity contribution in [1.82, 2.24) is 0 Å². The van der Waals surface area contributed by atoms with Crippen LogP contribution in [-0.2, 0) is 4.79 Å². The first kappa shape index (κ1) is 12.3. The van der Waals surface area contributed by atoms with Crippen LogP contribution in [0.25, 0.3) is 11.1 Å². The van der Waals surface area contributed by atoms with Crippen molar-refractivity contribution in [2.45, 2.75) is 13.8 Å². The lowest BCUT2D eigenvalue weighted by molar-refractivity contribution is -0.131. The summed E-state index contributed by atoms with van der Waals surface area (Å²) in [7, 11) is 0. The van der Waals surface area contributed by atoms with Crippen LogP contribution in [0, 0.1) is 12.7 Å². The zero-order valence-corrected chi connectivity index (χ0v) is 10.2. The third kappa shape index (κ3) is 2.74. The van der Waals surface area contributed by atoms with Gasteiger partial charge in [0.1, 0.15) is 11.6 Å². The van der Waals surface area contributed by atoms with Crippen LogP contribution in [0.1, 0.15) is 12.5 Å². The van der Waals surface area contributed by atoms with Gasteiger partial charge in [0.25, 0.3) is 0 Å². The highest BCUT2D eigenvalue weighted by Gasteiger charge is 2.07. The van der Waals surface area contributed by atoms with Crippen LogP contribution < -0.4 is 4.74 Å². The molecule has 0 aliphatic heterocycles. The Labute approximate surface area is 105 Å². The molecule has 0 fully saturated rings. The smallest absolute Gasteiger partial charge is 0.308 e. The second kappa shape index (κ2) is 5.00. The van der Waals surface area contributed by atoms with Gasteiger partial charge in [-0.1, -0.05) is 29.8 Å². The summed E-state index contributed by atoms with van der Waals surface area (Å²) in [6.07, 6.45) is 0. The zero-order chi connectivity index (χ0) is 13.1. The quantitative estimate of drug-likeness (QED) is 0.594. The molecular weight excluding hydrogens is 231 g/mol. The maximum absolute atomic E-state index is 13.9. The van der Waals surface area contributed by atoms with E-state index >= 15 is 0 Å². The van der Waals surface area contributed by atoms with Crippen molar-refractivity contribution in [3.05, 3.63) is 53.8 Å². The molecule has 2 rings (SSSR count). The largest absolute Gasteiger partial charge is 0.427 e. The normalized spacial score (nSPS) is 10.2.